The first-order chi connectivity index (χ1) is 8.31. The van der Waals surface area contributed by atoms with E-state index in [0.29, 0.717) is 5.41 Å². The lowest BCUT2D eigenvalue weighted by molar-refractivity contribution is 0.223. The summed E-state index contributed by atoms with van der Waals surface area (Å²) in [4.78, 5) is 2.47. The van der Waals surface area contributed by atoms with E-state index in [1.807, 2.05) is 0 Å². The van der Waals surface area contributed by atoms with Crippen molar-refractivity contribution in [1.82, 2.24) is 10.2 Å². The van der Waals surface area contributed by atoms with Gasteiger partial charge in [-0.2, -0.15) is 0 Å². The number of hydrogen-bond donors (Lipinski definition) is 1. The van der Waals surface area contributed by atoms with Gasteiger partial charge in [-0.3, -0.25) is 0 Å². The van der Waals surface area contributed by atoms with Crippen LogP contribution in [-0.4, -0.2) is 38.1 Å². The van der Waals surface area contributed by atoms with Crippen molar-refractivity contribution in [2.45, 2.75) is 60.3 Å². The molecule has 0 aliphatic heterocycles. The summed E-state index contributed by atoms with van der Waals surface area (Å²) >= 11 is 0. The van der Waals surface area contributed by atoms with E-state index >= 15 is 0 Å². The summed E-state index contributed by atoms with van der Waals surface area (Å²) in [7, 11) is 2.25. The number of nitrogens with one attached hydrogen (secondary N) is 1. The topological polar surface area (TPSA) is 15.3 Å². The van der Waals surface area contributed by atoms with E-state index in [4.69, 9.17) is 0 Å². The van der Waals surface area contributed by atoms with E-state index in [2.05, 4.69) is 51.9 Å². The monoisotopic (exact) mass is 256 g/mol. The van der Waals surface area contributed by atoms with Crippen LogP contribution in [-0.2, 0) is 0 Å². The molecule has 0 fully saturated rings. The maximum Gasteiger partial charge on any atom is 0.00270 e. The Kier molecular flexibility index (Phi) is 9.76. The van der Waals surface area contributed by atoms with Crippen molar-refractivity contribution in [3.8, 4) is 0 Å². The molecular weight excluding hydrogens is 220 g/mol. The van der Waals surface area contributed by atoms with Crippen molar-refractivity contribution in [2.24, 2.45) is 11.3 Å². The summed E-state index contributed by atoms with van der Waals surface area (Å²) in [6.07, 6.45) is 5.42. The molecule has 0 aliphatic rings. The molecule has 2 nitrogen and oxygen atoms in total. The second-order valence-corrected chi connectivity index (χ2v) is 7.31. The lowest BCUT2D eigenvalue weighted by atomic mass is 9.96. The van der Waals surface area contributed by atoms with E-state index in [0.717, 1.165) is 12.5 Å². The Balaban J connectivity index is 3.25. The zero-order chi connectivity index (χ0) is 14.0. The number of hydrogen-bond acceptors (Lipinski definition) is 2. The second kappa shape index (κ2) is 9.80. The molecule has 1 N–H and O–H groups in total. The maximum absolute atomic E-state index is 3.51. The van der Waals surface area contributed by atoms with E-state index < -0.39 is 0 Å². The maximum atomic E-state index is 3.51. The Morgan fingerprint density at radius 1 is 1.00 bits per heavy atom. The van der Waals surface area contributed by atoms with Gasteiger partial charge in [-0.15, -0.1) is 0 Å². The molecule has 2 heteroatoms. The Bertz CT molecular complexity index is 182. The first-order valence-corrected chi connectivity index (χ1v) is 7.70. The van der Waals surface area contributed by atoms with Crippen LogP contribution in [0, 0.1) is 11.3 Å². The number of rotatable bonds is 10. The van der Waals surface area contributed by atoms with Crippen LogP contribution in [0.15, 0.2) is 0 Å². The highest BCUT2D eigenvalue weighted by Gasteiger charge is 2.12. The van der Waals surface area contributed by atoms with Gasteiger partial charge in [-0.25, -0.2) is 0 Å². The van der Waals surface area contributed by atoms with E-state index in [9.17, 15) is 0 Å². The van der Waals surface area contributed by atoms with Gasteiger partial charge in [0.25, 0.3) is 0 Å². The van der Waals surface area contributed by atoms with E-state index in [1.54, 1.807) is 0 Å². The Labute approximate surface area is 116 Å². The molecule has 0 rings (SSSR count). The molecule has 0 saturated heterocycles. The average Bonchev–Trinajstić information content (AvgIpc) is 2.18. The van der Waals surface area contributed by atoms with Crippen LogP contribution in [0.3, 0.4) is 0 Å². The SMILES string of the molecule is CC(C)CNCCCCCCN(C)CC(C)(C)C. The third kappa shape index (κ3) is 14.0. The molecule has 0 aromatic rings. The zero-order valence-electron chi connectivity index (χ0n) is 13.7. The van der Waals surface area contributed by atoms with Gasteiger partial charge in [0.1, 0.15) is 0 Å². The van der Waals surface area contributed by atoms with Gasteiger partial charge < -0.3 is 10.2 Å². The minimum Gasteiger partial charge on any atom is -0.316 e. The smallest absolute Gasteiger partial charge is 0.00270 e. The lowest BCUT2D eigenvalue weighted by Crippen LogP contribution is -2.30. The minimum absolute atomic E-state index is 0.426. The molecule has 0 heterocycles. The van der Waals surface area contributed by atoms with E-state index in [1.165, 1.54) is 45.3 Å². The molecule has 110 valence electrons. The van der Waals surface area contributed by atoms with Crippen LogP contribution in [0.25, 0.3) is 0 Å². The van der Waals surface area contributed by atoms with Crippen molar-refractivity contribution in [1.29, 1.82) is 0 Å². The van der Waals surface area contributed by atoms with Crippen LogP contribution in [0.4, 0.5) is 0 Å². The minimum atomic E-state index is 0.426. The highest BCUT2D eigenvalue weighted by Crippen LogP contribution is 2.14. The Hall–Kier alpha value is -0.0800. The average molecular weight is 256 g/mol. The first kappa shape index (κ1) is 17.9. The molecule has 0 aromatic carbocycles. The summed E-state index contributed by atoms with van der Waals surface area (Å²) < 4.78 is 0. The van der Waals surface area contributed by atoms with Crippen molar-refractivity contribution in [2.75, 3.05) is 33.2 Å². The highest BCUT2D eigenvalue weighted by atomic mass is 15.1. The molecular formula is C16H36N2. The Morgan fingerprint density at radius 3 is 2.17 bits per heavy atom. The summed E-state index contributed by atoms with van der Waals surface area (Å²) in [6, 6.07) is 0. The molecule has 0 spiro atoms. The zero-order valence-corrected chi connectivity index (χ0v) is 13.7. The predicted octanol–water partition coefficient (Wildman–Crippen LogP) is 3.77. The van der Waals surface area contributed by atoms with Crippen molar-refractivity contribution in [3.63, 3.8) is 0 Å². The number of nitrogens with zero attached hydrogens (tertiary/aromatic N) is 1. The molecule has 18 heavy (non-hydrogen) atoms. The van der Waals surface area contributed by atoms with Crippen molar-refractivity contribution in [3.05, 3.63) is 0 Å². The molecule has 0 aliphatic carbocycles. The lowest BCUT2D eigenvalue weighted by Gasteiger charge is -2.26. The van der Waals surface area contributed by atoms with Crippen LogP contribution in [0.2, 0.25) is 0 Å². The summed E-state index contributed by atoms with van der Waals surface area (Å²) in [5.41, 5.74) is 0.426. The van der Waals surface area contributed by atoms with Crippen LogP contribution >= 0.6 is 0 Å². The van der Waals surface area contributed by atoms with Gasteiger partial charge in [-0.05, 0) is 50.9 Å². The van der Waals surface area contributed by atoms with Crippen molar-refractivity contribution >= 4 is 0 Å². The molecule has 0 aromatic heterocycles. The van der Waals surface area contributed by atoms with E-state index in [-0.39, 0.29) is 0 Å². The van der Waals surface area contributed by atoms with Gasteiger partial charge in [0.2, 0.25) is 0 Å². The summed E-state index contributed by atoms with van der Waals surface area (Å²) in [5.74, 6) is 0.774. The third-order valence-corrected chi connectivity index (χ3v) is 2.94. The third-order valence-electron chi connectivity index (χ3n) is 2.94. The highest BCUT2D eigenvalue weighted by molar-refractivity contribution is 4.66. The largest absolute Gasteiger partial charge is 0.316 e. The molecule has 0 unspecified atom stereocenters. The molecule has 0 saturated carbocycles. The van der Waals surface area contributed by atoms with Gasteiger partial charge in [-0.1, -0.05) is 47.5 Å². The molecule has 0 atom stereocenters. The van der Waals surface area contributed by atoms with Gasteiger partial charge in [0, 0.05) is 6.54 Å². The van der Waals surface area contributed by atoms with Crippen molar-refractivity contribution < 1.29 is 0 Å². The van der Waals surface area contributed by atoms with Gasteiger partial charge in [0.05, 0.1) is 0 Å². The standard InChI is InChI=1S/C16H36N2/c1-15(2)13-17-11-9-7-8-10-12-18(6)14-16(3,4)5/h15,17H,7-14H2,1-6H3. The molecule has 0 amide bonds. The van der Waals surface area contributed by atoms with Gasteiger partial charge >= 0.3 is 0 Å². The summed E-state index contributed by atoms with van der Waals surface area (Å²) in [5, 5.41) is 3.51. The number of unbranched alkanes of at least 4 members (excludes halogenated alkanes) is 3. The molecule has 0 bridgehead atoms. The van der Waals surface area contributed by atoms with Crippen LogP contribution in [0.1, 0.15) is 60.3 Å². The summed E-state index contributed by atoms with van der Waals surface area (Å²) in [6.45, 7) is 16.2. The first-order valence-electron chi connectivity index (χ1n) is 7.70. The molecule has 0 radical (unpaired) electrons. The normalized spacial score (nSPS) is 12.7. The quantitative estimate of drug-likeness (QED) is 0.599. The second-order valence-electron chi connectivity index (χ2n) is 7.31. The Morgan fingerprint density at radius 2 is 1.61 bits per heavy atom. The fourth-order valence-corrected chi connectivity index (χ4v) is 2.26. The van der Waals surface area contributed by atoms with Gasteiger partial charge in [0.15, 0.2) is 0 Å². The van der Waals surface area contributed by atoms with Crippen LogP contribution in [0.5, 0.6) is 0 Å². The predicted molar refractivity (Wildman–Crippen MR) is 83.1 cm³/mol. The fourth-order valence-electron chi connectivity index (χ4n) is 2.26. The fraction of sp³-hybridized carbons (Fsp3) is 1.00. The van der Waals surface area contributed by atoms with Crippen LogP contribution < -0.4 is 5.32 Å².